The van der Waals surface area contributed by atoms with Crippen LogP contribution in [0, 0.1) is 5.92 Å². The van der Waals surface area contributed by atoms with Gasteiger partial charge in [-0.3, -0.25) is 10.1 Å². The Morgan fingerprint density at radius 3 is 2.34 bits per heavy atom. The number of hydrogen-bond acceptors (Lipinski definition) is 7. The average Bonchev–Trinajstić information content (AvgIpc) is 3.23. The van der Waals surface area contributed by atoms with Crippen molar-refractivity contribution in [2.45, 2.75) is 30.6 Å². The van der Waals surface area contributed by atoms with E-state index in [0.717, 1.165) is 16.9 Å². The van der Waals surface area contributed by atoms with Crippen molar-refractivity contribution in [3.63, 3.8) is 0 Å². The lowest BCUT2D eigenvalue weighted by Gasteiger charge is -2.20. The summed E-state index contributed by atoms with van der Waals surface area (Å²) in [5.74, 6) is 0.490. The molecule has 0 bridgehead atoms. The lowest BCUT2D eigenvalue weighted by Crippen LogP contribution is -2.29. The van der Waals surface area contributed by atoms with Crippen LogP contribution in [0.2, 0.25) is 5.02 Å². The van der Waals surface area contributed by atoms with Crippen LogP contribution in [0.1, 0.15) is 42.2 Å². The normalized spacial score (nSPS) is 12.5. The monoisotopic (exact) mass is 494 g/mol. The minimum absolute atomic E-state index is 0.0789. The summed E-state index contributed by atoms with van der Waals surface area (Å²) in [6, 6.07) is 13.1. The molecule has 1 unspecified atom stereocenters. The third-order valence-corrected chi connectivity index (χ3v) is 7.42. The van der Waals surface area contributed by atoms with Crippen LogP contribution < -0.4 is 14.8 Å². The second-order valence-corrected chi connectivity index (χ2v) is 10.7. The van der Waals surface area contributed by atoms with Crippen LogP contribution in [-0.2, 0) is 10.0 Å². The van der Waals surface area contributed by atoms with Gasteiger partial charge in [0.25, 0.3) is 15.9 Å². The zero-order valence-electron chi connectivity index (χ0n) is 17.7. The number of carbonyl (C=O) groups is 1. The van der Waals surface area contributed by atoms with Crippen LogP contribution >= 0.6 is 22.9 Å². The lowest BCUT2D eigenvalue weighted by molar-refractivity contribution is 0.102. The first kappa shape index (κ1) is 24.1. The van der Waals surface area contributed by atoms with Gasteiger partial charge in [0.15, 0.2) is 0 Å². The van der Waals surface area contributed by atoms with Crippen molar-refractivity contribution in [3.8, 4) is 5.75 Å². The quantitative estimate of drug-likeness (QED) is 0.423. The van der Waals surface area contributed by atoms with Gasteiger partial charge < -0.3 is 4.74 Å². The smallest absolute Gasteiger partial charge is 0.270 e. The molecule has 0 saturated heterocycles. The summed E-state index contributed by atoms with van der Waals surface area (Å²) in [4.78, 5) is 12.3. The molecular formula is C21H23ClN4O4S2. The third kappa shape index (κ3) is 6.26. The summed E-state index contributed by atoms with van der Waals surface area (Å²) in [5, 5.41) is 10.7. The Balaban J connectivity index is 1.76. The summed E-state index contributed by atoms with van der Waals surface area (Å²) < 4.78 is 33.6. The Kier molecular flexibility index (Phi) is 7.83. The van der Waals surface area contributed by atoms with E-state index in [0.29, 0.717) is 22.8 Å². The standard InChI is InChI=1S/C21H23ClN4O4S2/c1-13(2)12-18(14-6-10-17(30-3)11-7-14)26-32(28,29)21-25-24-20(31-21)23-19(27)15-4-8-16(22)9-5-15/h4-11,13,18,26H,12H2,1-3H3,(H,23,24,27). The summed E-state index contributed by atoms with van der Waals surface area (Å²) in [7, 11) is -2.39. The predicted octanol–water partition coefficient (Wildman–Crippen LogP) is 4.52. The molecule has 3 rings (SSSR count). The zero-order valence-corrected chi connectivity index (χ0v) is 20.1. The molecule has 0 aliphatic carbocycles. The lowest BCUT2D eigenvalue weighted by atomic mass is 9.98. The molecule has 0 aliphatic rings. The highest BCUT2D eigenvalue weighted by molar-refractivity contribution is 7.91. The maximum Gasteiger partial charge on any atom is 0.270 e. The fourth-order valence-electron chi connectivity index (χ4n) is 2.94. The molecule has 8 nitrogen and oxygen atoms in total. The van der Waals surface area contributed by atoms with Gasteiger partial charge in [-0.25, -0.2) is 13.1 Å². The second-order valence-electron chi connectivity index (χ2n) is 7.41. The van der Waals surface area contributed by atoms with Crippen LogP contribution in [0.4, 0.5) is 5.13 Å². The Labute approximate surface area is 196 Å². The number of carbonyl (C=O) groups excluding carboxylic acids is 1. The van der Waals surface area contributed by atoms with E-state index in [9.17, 15) is 13.2 Å². The molecule has 0 radical (unpaired) electrons. The third-order valence-electron chi connectivity index (χ3n) is 4.49. The number of aromatic nitrogens is 2. The van der Waals surface area contributed by atoms with E-state index in [-0.39, 0.29) is 15.4 Å². The summed E-state index contributed by atoms with van der Waals surface area (Å²) in [6.45, 7) is 4.03. The molecule has 1 heterocycles. The molecular weight excluding hydrogens is 472 g/mol. The number of anilines is 1. The Morgan fingerprint density at radius 1 is 1.09 bits per heavy atom. The number of sulfonamides is 1. The predicted molar refractivity (Wildman–Crippen MR) is 125 cm³/mol. The van der Waals surface area contributed by atoms with Gasteiger partial charge in [0, 0.05) is 16.6 Å². The van der Waals surface area contributed by atoms with E-state index in [2.05, 4.69) is 20.2 Å². The van der Waals surface area contributed by atoms with Crippen molar-refractivity contribution in [2.75, 3.05) is 12.4 Å². The summed E-state index contributed by atoms with van der Waals surface area (Å²) in [5.41, 5.74) is 1.17. The van der Waals surface area contributed by atoms with Gasteiger partial charge in [0.05, 0.1) is 7.11 Å². The van der Waals surface area contributed by atoms with Crippen molar-refractivity contribution in [2.24, 2.45) is 5.92 Å². The van der Waals surface area contributed by atoms with E-state index in [4.69, 9.17) is 16.3 Å². The number of hydrogen-bond donors (Lipinski definition) is 2. The molecule has 170 valence electrons. The van der Waals surface area contributed by atoms with Gasteiger partial charge in [0.2, 0.25) is 9.47 Å². The van der Waals surface area contributed by atoms with Crippen molar-refractivity contribution in [1.82, 2.24) is 14.9 Å². The SMILES string of the molecule is COc1ccc(C(CC(C)C)NS(=O)(=O)c2nnc(NC(=O)c3ccc(Cl)cc3)s2)cc1. The van der Waals surface area contributed by atoms with Crippen LogP contribution in [0.5, 0.6) is 5.75 Å². The van der Waals surface area contributed by atoms with E-state index in [1.54, 1.807) is 43.5 Å². The molecule has 1 amide bonds. The first-order valence-electron chi connectivity index (χ1n) is 9.74. The van der Waals surface area contributed by atoms with Crippen LogP contribution in [0.15, 0.2) is 52.9 Å². The first-order chi connectivity index (χ1) is 15.2. The van der Waals surface area contributed by atoms with Gasteiger partial charge in [-0.15, -0.1) is 10.2 Å². The van der Waals surface area contributed by atoms with E-state index >= 15 is 0 Å². The maximum atomic E-state index is 13.0. The van der Waals surface area contributed by atoms with Gasteiger partial charge >= 0.3 is 0 Å². The van der Waals surface area contributed by atoms with E-state index in [1.165, 1.54) is 0 Å². The molecule has 2 N–H and O–H groups in total. The fraction of sp³-hybridized carbons (Fsp3) is 0.286. The van der Waals surface area contributed by atoms with Gasteiger partial charge in [-0.1, -0.05) is 48.9 Å². The molecule has 1 atom stereocenters. The minimum Gasteiger partial charge on any atom is -0.497 e. The minimum atomic E-state index is -3.96. The van der Waals surface area contributed by atoms with Gasteiger partial charge in [0.1, 0.15) is 5.75 Å². The van der Waals surface area contributed by atoms with Gasteiger partial charge in [-0.05, 0) is 54.3 Å². The molecule has 11 heteroatoms. The number of methoxy groups -OCH3 is 1. The van der Waals surface area contributed by atoms with Gasteiger partial charge in [-0.2, -0.15) is 0 Å². The molecule has 1 aromatic heterocycles. The highest BCUT2D eigenvalue weighted by Crippen LogP contribution is 2.27. The van der Waals surface area contributed by atoms with E-state index < -0.39 is 22.0 Å². The average molecular weight is 495 g/mol. The first-order valence-corrected chi connectivity index (χ1v) is 12.4. The van der Waals surface area contributed by atoms with Crippen LogP contribution in [-0.4, -0.2) is 31.6 Å². The van der Waals surface area contributed by atoms with Crippen molar-refractivity contribution in [1.29, 1.82) is 0 Å². The highest BCUT2D eigenvalue weighted by atomic mass is 35.5. The number of halogens is 1. The number of nitrogens with zero attached hydrogens (tertiary/aromatic N) is 2. The maximum absolute atomic E-state index is 13.0. The topological polar surface area (TPSA) is 110 Å². The van der Waals surface area contributed by atoms with E-state index in [1.807, 2.05) is 26.0 Å². The second kappa shape index (κ2) is 10.4. The molecule has 3 aromatic rings. The highest BCUT2D eigenvalue weighted by Gasteiger charge is 2.26. The number of rotatable bonds is 9. The van der Waals surface area contributed by atoms with Crippen molar-refractivity contribution < 1.29 is 17.9 Å². The molecule has 0 saturated carbocycles. The molecule has 0 spiro atoms. The molecule has 2 aromatic carbocycles. The van der Waals surface area contributed by atoms with Crippen LogP contribution in [0.3, 0.4) is 0 Å². The van der Waals surface area contributed by atoms with Crippen LogP contribution in [0.25, 0.3) is 0 Å². The number of benzene rings is 2. The Bertz CT molecular complexity index is 1160. The van der Waals surface area contributed by atoms with Crippen molar-refractivity contribution in [3.05, 3.63) is 64.7 Å². The fourth-order valence-corrected chi connectivity index (χ4v) is 5.21. The number of ether oxygens (including phenoxy) is 1. The largest absolute Gasteiger partial charge is 0.497 e. The number of amides is 1. The molecule has 0 fully saturated rings. The molecule has 0 aliphatic heterocycles. The summed E-state index contributed by atoms with van der Waals surface area (Å²) in [6.07, 6.45) is 0.588. The Hall–Kier alpha value is -2.53. The number of nitrogens with one attached hydrogen (secondary N) is 2. The summed E-state index contributed by atoms with van der Waals surface area (Å²) >= 11 is 6.61. The molecule has 32 heavy (non-hydrogen) atoms. The Morgan fingerprint density at radius 2 is 1.75 bits per heavy atom. The zero-order chi connectivity index (χ0) is 23.3. The van der Waals surface area contributed by atoms with Crippen molar-refractivity contribution >= 4 is 44.0 Å².